The van der Waals surface area contributed by atoms with E-state index in [1.165, 1.54) is 12.1 Å². The van der Waals surface area contributed by atoms with Crippen LogP contribution < -0.4 is 5.73 Å². The number of aromatic nitrogens is 2. The minimum Gasteiger partial charge on any atom is -0.382 e. The average molecular weight is 338 g/mol. The van der Waals surface area contributed by atoms with E-state index in [4.69, 9.17) is 5.73 Å². The monoisotopic (exact) mass is 337 g/mol. The van der Waals surface area contributed by atoms with Gasteiger partial charge in [-0.15, -0.1) is 11.3 Å². The molecule has 0 atom stereocenters. The van der Waals surface area contributed by atoms with E-state index in [0.29, 0.717) is 10.3 Å². The van der Waals surface area contributed by atoms with Crippen molar-refractivity contribution in [2.75, 3.05) is 5.73 Å². The number of nitrogens with one attached hydrogen (secondary N) is 1. The van der Waals surface area contributed by atoms with Gasteiger partial charge >= 0.3 is 0 Å². The summed E-state index contributed by atoms with van der Waals surface area (Å²) in [6.45, 7) is 0. The lowest BCUT2D eigenvalue weighted by molar-refractivity contribution is 0.627. The van der Waals surface area contributed by atoms with Gasteiger partial charge in [-0.05, 0) is 45.6 Å². The molecule has 0 saturated carbocycles. The summed E-state index contributed by atoms with van der Waals surface area (Å²) in [4.78, 5) is 1.03. The minimum absolute atomic E-state index is 0.291. The van der Waals surface area contributed by atoms with Crippen LogP contribution in [0.2, 0.25) is 0 Å². The SMILES string of the molecule is Nc1n[nH]c(-c2ccc(F)cc2Br)c1-c1cccs1. The Labute approximate surface area is 121 Å². The predicted molar refractivity (Wildman–Crippen MR) is 79.4 cm³/mol. The molecule has 2 heterocycles. The van der Waals surface area contributed by atoms with Gasteiger partial charge in [0, 0.05) is 14.9 Å². The molecule has 19 heavy (non-hydrogen) atoms. The van der Waals surface area contributed by atoms with Crippen molar-refractivity contribution in [1.82, 2.24) is 10.2 Å². The third kappa shape index (κ3) is 2.17. The van der Waals surface area contributed by atoms with Crippen LogP contribution in [0.25, 0.3) is 21.7 Å². The molecule has 0 bridgehead atoms. The maximum Gasteiger partial charge on any atom is 0.154 e. The Morgan fingerprint density at radius 3 is 2.84 bits per heavy atom. The fourth-order valence-electron chi connectivity index (χ4n) is 1.91. The minimum atomic E-state index is -0.291. The molecule has 3 nitrogen and oxygen atoms in total. The second-order valence-electron chi connectivity index (χ2n) is 3.96. The molecule has 0 spiro atoms. The second kappa shape index (κ2) is 4.79. The molecule has 0 radical (unpaired) electrons. The molecular weight excluding hydrogens is 329 g/mol. The first-order valence-electron chi connectivity index (χ1n) is 5.50. The van der Waals surface area contributed by atoms with Crippen LogP contribution in [0.1, 0.15) is 0 Å². The molecular formula is C13H9BrFN3S. The summed E-state index contributed by atoms with van der Waals surface area (Å²) >= 11 is 4.95. The van der Waals surface area contributed by atoms with Gasteiger partial charge in [-0.2, -0.15) is 5.10 Å². The third-order valence-corrected chi connectivity index (χ3v) is 4.31. The van der Waals surface area contributed by atoms with E-state index in [9.17, 15) is 4.39 Å². The Balaban J connectivity index is 2.21. The molecule has 3 aromatic rings. The van der Waals surface area contributed by atoms with Crippen molar-refractivity contribution >= 4 is 33.1 Å². The highest BCUT2D eigenvalue weighted by molar-refractivity contribution is 9.10. The van der Waals surface area contributed by atoms with Gasteiger partial charge in [-0.1, -0.05) is 6.07 Å². The van der Waals surface area contributed by atoms with Crippen LogP contribution in [0.15, 0.2) is 40.2 Å². The number of rotatable bonds is 2. The van der Waals surface area contributed by atoms with Crippen LogP contribution in [-0.4, -0.2) is 10.2 Å². The van der Waals surface area contributed by atoms with Crippen molar-refractivity contribution in [3.8, 4) is 21.7 Å². The van der Waals surface area contributed by atoms with Crippen LogP contribution in [-0.2, 0) is 0 Å². The topological polar surface area (TPSA) is 54.7 Å². The van der Waals surface area contributed by atoms with Crippen LogP contribution in [0, 0.1) is 5.82 Å². The smallest absolute Gasteiger partial charge is 0.154 e. The van der Waals surface area contributed by atoms with Gasteiger partial charge < -0.3 is 5.73 Å². The van der Waals surface area contributed by atoms with Gasteiger partial charge in [0.25, 0.3) is 0 Å². The average Bonchev–Trinajstić information content (AvgIpc) is 2.98. The summed E-state index contributed by atoms with van der Waals surface area (Å²) in [6, 6.07) is 8.46. The van der Waals surface area contributed by atoms with E-state index in [1.54, 1.807) is 17.4 Å². The van der Waals surface area contributed by atoms with Crippen molar-refractivity contribution in [3.05, 3.63) is 46.0 Å². The van der Waals surface area contributed by atoms with Gasteiger partial charge in [0.15, 0.2) is 5.82 Å². The van der Waals surface area contributed by atoms with Crippen LogP contribution in [0.4, 0.5) is 10.2 Å². The summed E-state index contributed by atoms with van der Waals surface area (Å²) in [5.41, 5.74) is 8.39. The maximum absolute atomic E-state index is 13.2. The second-order valence-corrected chi connectivity index (χ2v) is 5.76. The lowest BCUT2D eigenvalue weighted by atomic mass is 10.1. The maximum atomic E-state index is 13.2. The Kier molecular flexibility index (Phi) is 3.12. The van der Waals surface area contributed by atoms with E-state index >= 15 is 0 Å². The van der Waals surface area contributed by atoms with Gasteiger partial charge in [0.2, 0.25) is 0 Å². The highest BCUT2D eigenvalue weighted by Crippen LogP contribution is 2.39. The van der Waals surface area contributed by atoms with Crippen LogP contribution in [0.3, 0.4) is 0 Å². The third-order valence-electron chi connectivity index (χ3n) is 2.76. The van der Waals surface area contributed by atoms with Crippen molar-refractivity contribution in [1.29, 1.82) is 0 Å². The molecule has 0 fully saturated rings. The van der Waals surface area contributed by atoms with E-state index in [1.807, 2.05) is 17.5 Å². The van der Waals surface area contributed by atoms with E-state index in [2.05, 4.69) is 26.1 Å². The first-order valence-corrected chi connectivity index (χ1v) is 7.17. The Hall–Kier alpha value is -1.66. The van der Waals surface area contributed by atoms with Gasteiger partial charge in [-0.3, -0.25) is 5.10 Å². The summed E-state index contributed by atoms with van der Waals surface area (Å²) in [7, 11) is 0. The number of benzene rings is 1. The summed E-state index contributed by atoms with van der Waals surface area (Å²) in [5, 5.41) is 8.95. The molecule has 0 unspecified atom stereocenters. The number of H-pyrrole nitrogens is 1. The number of anilines is 1. The molecule has 0 saturated heterocycles. The molecule has 6 heteroatoms. The molecule has 0 amide bonds. The number of nitrogen functional groups attached to an aromatic ring is 1. The lowest BCUT2D eigenvalue weighted by Gasteiger charge is -2.05. The number of nitrogens with zero attached hydrogens (tertiary/aromatic N) is 1. The van der Waals surface area contributed by atoms with E-state index in [0.717, 1.165) is 21.7 Å². The fourth-order valence-corrected chi connectivity index (χ4v) is 3.25. The summed E-state index contributed by atoms with van der Waals surface area (Å²) in [6.07, 6.45) is 0. The standard InChI is InChI=1S/C13H9BrFN3S/c14-9-6-7(15)3-4-8(9)12-11(13(16)18-17-12)10-2-1-5-19-10/h1-6H,(H3,16,17,18). The lowest BCUT2D eigenvalue weighted by Crippen LogP contribution is -1.87. The molecule has 0 aliphatic heterocycles. The molecule has 0 aliphatic rings. The fraction of sp³-hybridized carbons (Fsp3) is 0. The number of thiophene rings is 1. The Morgan fingerprint density at radius 1 is 1.32 bits per heavy atom. The highest BCUT2D eigenvalue weighted by Gasteiger charge is 2.17. The van der Waals surface area contributed by atoms with Crippen LogP contribution in [0.5, 0.6) is 0 Å². The van der Waals surface area contributed by atoms with Crippen LogP contribution >= 0.6 is 27.3 Å². The number of nitrogens with two attached hydrogens (primary N) is 1. The summed E-state index contributed by atoms with van der Waals surface area (Å²) < 4.78 is 13.8. The molecule has 2 aromatic heterocycles. The molecule has 0 aliphatic carbocycles. The van der Waals surface area contributed by atoms with E-state index < -0.39 is 0 Å². The summed E-state index contributed by atoms with van der Waals surface area (Å²) in [5.74, 6) is 0.148. The first kappa shape index (κ1) is 12.4. The first-order chi connectivity index (χ1) is 9.16. The quantitative estimate of drug-likeness (QED) is 0.732. The van der Waals surface area contributed by atoms with Gasteiger partial charge in [0.05, 0.1) is 11.3 Å². The predicted octanol–water partition coefficient (Wildman–Crippen LogP) is 4.29. The van der Waals surface area contributed by atoms with E-state index in [-0.39, 0.29) is 5.82 Å². The molecule has 3 rings (SSSR count). The zero-order chi connectivity index (χ0) is 13.4. The molecule has 96 valence electrons. The molecule has 3 N–H and O–H groups in total. The Bertz CT molecular complexity index is 722. The normalized spacial score (nSPS) is 10.8. The van der Waals surface area contributed by atoms with Gasteiger partial charge in [0.1, 0.15) is 5.82 Å². The zero-order valence-corrected chi connectivity index (χ0v) is 12.1. The largest absolute Gasteiger partial charge is 0.382 e. The van der Waals surface area contributed by atoms with Crippen molar-refractivity contribution in [3.63, 3.8) is 0 Å². The van der Waals surface area contributed by atoms with Gasteiger partial charge in [-0.25, -0.2) is 4.39 Å². The van der Waals surface area contributed by atoms with Crippen molar-refractivity contribution < 1.29 is 4.39 Å². The Morgan fingerprint density at radius 2 is 2.16 bits per heavy atom. The molecule has 1 aromatic carbocycles. The van der Waals surface area contributed by atoms with Crippen molar-refractivity contribution in [2.45, 2.75) is 0 Å². The van der Waals surface area contributed by atoms with Crippen molar-refractivity contribution in [2.24, 2.45) is 0 Å². The zero-order valence-electron chi connectivity index (χ0n) is 9.65. The highest BCUT2D eigenvalue weighted by atomic mass is 79.9. The number of hydrogen-bond acceptors (Lipinski definition) is 3. The number of halogens is 2. The number of hydrogen-bond donors (Lipinski definition) is 2. The number of aromatic amines is 1.